The van der Waals surface area contributed by atoms with Crippen LogP contribution in [0, 0.1) is 5.92 Å². The molecule has 4 heteroatoms. The molecule has 1 unspecified atom stereocenters. The molecule has 1 amide bonds. The fourth-order valence-electron chi connectivity index (χ4n) is 2.12. The van der Waals surface area contributed by atoms with Gasteiger partial charge < -0.3 is 10.2 Å². The summed E-state index contributed by atoms with van der Waals surface area (Å²) in [5.41, 5.74) is 0.733. The van der Waals surface area contributed by atoms with Gasteiger partial charge in [0.05, 0.1) is 0 Å². The second-order valence-electron chi connectivity index (χ2n) is 4.47. The number of rotatable bonds is 2. The van der Waals surface area contributed by atoms with Crippen molar-refractivity contribution in [3.8, 4) is 0 Å². The minimum Gasteiger partial charge on any atom is -0.337 e. The molecule has 1 aromatic rings. The van der Waals surface area contributed by atoms with Gasteiger partial charge in [-0.1, -0.05) is 13.3 Å². The van der Waals surface area contributed by atoms with E-state index < -0.39 is 0 Å². The van der Waals surface area contributed by atoms with Crippen LogP contribution in [0.15, 0.2) is 24.5 Å². The van der Waals surface area contributed by atoms with Gasteiger partial charge in [0.2, 0.25) is 0 Å². The molecule has 0 aromatic carbocycles. The number of amides is 1. The van der Waals surface area contributed by atoms with Gasteiger partial charge in [-0.05, 0) is 24.6 Å². The Balaban J connectivity index is 2.08. The van der Waals surface area contributed by atoms with E-state index in [1.54, 1.807) is 24.5 Å². The van der Waals surface area contributed by atoms with Gasteiger partial charge in [0.25, 0.3) is 5.91 Å². The number of hydrogen-bond acceptors (Lipinski definition) is 3. The number of aromatic nitrogens is 1. The summed E-state index contributed by atoms with van der Waals surface area (Å²) in [4.78, 5) is 18.2. The summed E-state index contributed by atoms with van der Waals surface area (Å²) in [5, 5.41) is 3.38. The number of carbonyl (C=O) groups is 1. The monoisotopic (exact) mass is 233 g/mol. The Labute approximate surface area is 102 Å². The van der Waals surface area contributed by atoms with Crippen LogP contribution in [0.1, 0.15) is 23.7 Å². The fourth-order valence-corrected chi connectivity index (χ4v) is 2.12. The maximum Gasteiger partial charge on any atom is 0.254 e. The number of nitrogens with zero attached hydrogens (tertiary/aromatic N) is 2. The molecule has 0 saturated carbocycles. The minimum atomic E-state index is 0.120. The van der Waals surface area contributed by atoms with Crippen molar-refractivity contribution in [1.29, 1.82) is 0 Å². The molecule has 92 valence electrons. The predicted octanol–water partition coefficient (Wildman–Crippen LogP) is 1.15. The Bertz CT molecular complexity index is 366. The lowest BCUT2D eigenvalue weighted by Gasteiger charge is -2.23. The molecule has 1 N–H and O–H groups in total. The first-order valence-electron chi connectivity index (χ1n) is 6.21. The van der Waals surface area contributed by atoms with Crippen LogP contribution in [-0.4, -0.2) is 42.0 Å². The molecule has 1 aliphatic rings. The van der Waals surface area contributed by atoms with Crippen molar-refractivity contribution >= 4 is 5.91 Å². The van der Waals surface area contributed by atoms with Gasteiger partial charge in [0.1, 0.15) is 0 Å². The summed E-state index contributed by atoms with van der Waals surface area (Å²) >= 11 is 0. The molecule has 1 aliphatic heterocycles. The van der Waals surface area contributed by atoms with E-state index in [1.807, 2.05) is 4.90 Å². The Morgan fingerprint density at radius 1 is 1.53 bits per heavy atom. The van der Waals surface area contributed by atoms with Crippen LogP contribution in [0.25, 0.3) is 0 Å². The lowest BCUT2D eigenvalue weighted by atomic mass is 10.1. The normalized spacial score (nSPS) is 21.0. The third kappa shape index (κ3) is 3.03. The predicted molar refractivity (Wildman–Crippen MR) is 66.8 cm³/mol. The van der Waals surface area contributed by atoms with Crippen molar-refractivity contribution in [3.63, 3.8) is 0 Å². The zero-order chi connectivity index (χ0) is 12.1. The quantitative estimate of drug-likeness (QED) is 0.833. The molecule has 2 rings (SSSR count). The van der Waals surface area contributed by atoms with Crippen LogP contribution in [0.2, 0.25) is 0 Å². The summed E-state index contributed by atoms with van der Waals surface area (Å²) in [6.07, 6.45) is 4.44. The second kappa shape index (κ2) is 5.77. The second-order valence-corrected chi connectivity index (χ2v) is 4.47. The summed E-state index contributed by atoms with van der Waals surface area (Å²) < 4.78 is 0. The molecule has 0 radical (unpaired) electrons. The van der Waals surface area contributed by atoms with Crippen molar-refractivity contribution in [1.82, 2.24) is 15.2 Å². The standard InChI is InChI=1S/C13H19N3O/c1-2-11-9-15-7-8-16(10-11)13(17)12-3-5-14-6-4-12/h3-6,11,15H,2,7-10H2,1H3. The van der Waals surface area contributed by atoms with Crippen molar-refractivity contribution < 1.29 is 4.79 Å². The molecule has 17 heavy (non-hydrogen) atoms. The molecule has 1 fully saturated rings. The third-order valence-corrected chi connectivity index (χ3v) is 3.26. The molecule has 4 nitrogen and oxygen atoms in total. The lowest BCUT2D eigenvalue weighted by molar-refractivity contribution is 0.0746. The van der Waals surface area contributed by atoms with E-state index in [-0.39, 0.29) is 5.91 Å². The molecule has 2 heterocycles. The summed E-state index contributed by atoms with van der Waals surface area (Å²) in [5.74, 6) is 0.679. The van der Waals surface area contributed by atoms with Crippen LogP contribution in [-0.2, 0) is 0 Å². The van der Waals surface area contributed by atoms with Gasteiger partial charge in [0.15, 0.2) is 0 Å². The van der Waals surface area contributed by atoms with Gasteiger partial charge in [-0.15, -0.1) is 0 Å². The Morgan fingerprint density at radius 2 is 2.29 bits per heavy atom. The molecule has 0 spiro atoms. The van der Waals surface area contributed by atoms with Crippen LogP contribution in [0.5, 0.6) is 0 Å². The number of hydrogen-bond donors (Lipinski definition) is 1. The number of pyridine rings is 1. The highest BCUT2D eigenvalue weighted by atomic mass is 16.2. The largest absolute Gasteiger partial charge is 0.337 e. The molecule has 1 saturated heterocycles. The first kappa shape index (κ1) is 12.0. The maximum absolute atomic E-state index is 12.3. The first-order chi connectivity index (χ1) is 8.31. The Hall–Kier alpha value is -1.42. The summed E-state index contributed by atoms with van der Waals surface area (Å²) in [6.45, 7) is 5.71. The Kier molecular flexibility index (Phi) is 4.09. The number of carbonyl (C=O) groups excluding carboxylic acids is 1. The highest BCUT2D eigenvalue weighted by Crippen LogP contribution is 2.11. The molecular weight excluding hydrogens is 214 g/mol. The zero-order valence-corrected chi connectivity index (χ0v) is 10.2. The van der Waals surface area contributed by atoms with E-state index in [0.717, 1.165) is 38.2 Å². The molecule has 1 aromatic heterocycles. The van der Waals surface area contributed by atoms with Crippen LogP contribution in [0.3, 0.4) is 0 Å². The first-order valence-corrected chi connectivity index (χ1v) is 6.21. The van der Waals surface area contributed by atoms with E-state index in [4.69, 9.17) is 0 Å². The molecular formula is C13H19N3O. The highest BCUT2D eigenvalue weighted by molar-refractivity contribution is 5.94. The van der Waals surface area contributed by atoms with Gasteiger partial charge in [-0.25, -0.2) is 0 Å². The third-order valence-electron chi connectivity index (χ3n) is 3.26. The van der Waals surface area contributed by atoms with Crippen molar-refractivity contribution in [2.45, 2.75) is 13.3 Å². The van der Waals surface area contributed by atoms with Crippen molar-refractivity contribution in [2.75, 3.05) is 26.2 Å². The molecule has 1 atom stereocenters. The van der Waals surface area contributed by atoms with E-state index >= 15 is 0 Å². The molecule has 0 aliphatic carbocycles. The Morgan fingerprint density at radius 3 is 3.00 bits per heavy atom. The van der Waals surface area contributed by atoms with Crippen LogP contribution in [0.4, 0.5) is 0 Å². The van der Waals surface area contributed by atoms with E-state index in [2.05, 4.69) is 17.2 Å². The summed E-state index contributed by atoms with van der Waals surface area (Å²) in [6, 6.07) is 3.56. The van der Waals surface area contributed by atoms with Gasteiger partial charge in [0, 0.05) is 37.6 Å². The topological polar surface area (TPSA) is 45.2 Å². The van der Waals surface area contributed by atoms with Gasteiger partial charge >= 0.3 is 0 Å². The average Bonchev–Trinajstić information content (AvgIpc) is 2.64. The van der Waals surface area contributed by atoms with Gasteiger partial charge in [-0.2, -0.15) is 0 Å². The zero-order valence-electron chi connectivity index (χ0n) is 10.2. The van der Waals surface area contributed by atoms with Gasteiger partial charge in [-0.3, -0.25) is 9.78 Å². The van der Waals surface area contributed by atoms with E-state index in [9.17, 15) is 4.79 Å². The lowest BCUT2D eigenvalue weighted by Crippen LogP contribution is -2.35. The summed E-state index contributed by atoms with van der Waals surface area (Å²) in [7, 11) is 0. The minimum absolute atomic E-state index is 0.120. The van der Waals surface area contributed by atoms with Crippen LogP contribution >= 0.6 is 0 Å². The SMILES string of the molecule is CCC1CNCCN(C(=O)c2ccncc2)C1. The smallest absolute Gasteiger partial charge is 0.254 e. The van der Waals surface area contributed by atoms with Crippen molar-refractivity contribution in [2.24, 2.45) is 5.92 Å². The maximum atomic E-state index is 12.3. The van der Waals surface area contributed by atoms with E-state index in [1.165, 1.54) is 0 Å². The molecule has 0 bridgehead atoms. The van der Waals surface area contributed by atoms with E-state index in [0.29, 0.717) is 5.92 Å². The highest BCUT2D eigenvalue weighted by Gasteiger charge is 2.21. The van der Waals surface area contributed by atoms with Crippen LogP contribution < -0.4 is 5.32 Å². The van der Waals surface area contributed by atoms with Crippen molar-refractivity contribution in [3.05, 3.63) is 30.1 Å². The average molecular weight is 233 g/mol. The number of nitrogens with one attached hydrogen (secondary N) is 1. The fraction of sp³-hybridized carbons (Fsp3) is 0.538.